The van der Waals surface area contributed by atoms with Crippen LogP contribution >= 0.6 is 27.7 Å². The number of nitrogens with zero attached hydrogens (tertiary/aromatic N) is 1. The van der Waals surface area contributed by atoms with E-state index in [2.05, 4.69) is 15.9 Å². The van der Waals surface area contributed by atoms with Gasteiger partial charge in [0.2, 0.25) is 0 Å². The van der Waals surface area contributed by atoms with Gasteiger partial charge >= 0.3 is 5.51 Å². The number of rotatable bonds is 4. The van der Waals surface area contributed by atoms with Crippen LogP contribution in [0.25, 0.3) is 0 Å². The molecule has 0 aliphatic heterocycles. The predicted octanol–water partition coefficient (Wildman–Crippen LogP) is 3.95. The fourth-order valence-corrected chi connectivity index (χ4v) is 1.78. The van der Waals surface area contributed by atoms with Gasteiger partial charge in [0.05, 0.1) is 12.2 Å². The maximum atomic E-state index is 11.8. The van der Waals surface area contributed by atoms with Gasteiger partial charge < -0.3 is 4.74 Å². The molecule has 1 aromatic rings. The molecule has 92 valence electrons. The van der Waals surface area contributed by atoms with E-state index in [4.69, 9.17) is 10.00 Å². The van der Waals surface area contributed by atoms with Crippen LogP contribution in [0.1, 0.15) is 5.56 Å². The summed E-state index contributed by atoms with van der Waals surface area (Å²) in [6, 6.07) is 6.66. The number of halogens is 4. The lowest BCUT2D eigenvalue weighted by Crippen LogP contribution is -2.08. The SMILES string of the molecule is N#Cc1cc(Br)ccc1OCCSC(F)(F)F. The van der Waals surface area contributed by atoms with Crippen molar-refractivity contribution in [3.63, 3.8) is 0 Å². The van der Waals surface area contributed by atoms with Crippen LogP contribution < -0.4 is 4.74 Å². The van der Waals surface area contributed by atoms with Gasteiger partial charge in [0.25, 0.3) is 0 Å². The molecule has 0 aliphatic carbocycles. The van der Waals surface area contributed by atoms with Gasteiger partial charge in [0.1, 0.15) is 11.8 Å². The highest BCUT2D eigenvalue weighted by molar-refractivity contribution is 9.10. The highest BCUT2D eigenvalue weighted by Gasteiger charge is 2.27. The number of benzene rings is 1. The predicted molar refractivity (Wildman–Crippen MR) is 62.9 cm³/mol. The molecule has 0 spiro atoms. The molecule has 0 atom stereocenters. The minimum absolute atomic E-state index is 0.0967. The quantitative estimate of drug-likeness (QED) is 0.786. The molecule has 0 amide bonds. The molecule has 0 unspecified atom stereocenters. The molecule has 7 heteroatoms. The fourth-order valence-electron chi connectivity index (χ4n) is 1.02. The second-order valence-corrected chi connectivity index (χ2v) is 4.97. The lowest BCUT2D eigenvalue weighted by atomic mass is 10.2. The smallest absolute Gasteiger partial charge is 0.441 e. The summed E-state index contributed by atoms with van der Waals surface area (Å²) in [6.45, 7) is -0.0967. The van der Waals surface area contributed by atoms with E-state index in [0.29, 0.717) is 10.2 Å². The van der Waals surface area contributed by atoms with Crippen LogP contribution in [0.3, 0.4) is 0 Å². The molecule has 2 nitrogen and oxygen atoms in total. The standard InChI is InChI=1S/C10H7BrF3NOS/c11-8-1-2-9(7(5-8)6-15)16-3-4-17-10(12,13)14/h1-2,5H,3-4H2. The molecule has 0 bridgehead atoms. The van der Waals surface area contributed by atoms with E-state index in [-0.39, 0.29) is 29.7 Å². The van der Waals surface area contributed by atoms with Gasteiger partial charge in [-0.15, -0.1) is 0 Å². The van der Waals surface area contributed by atoms with Crippen LogP contribution in [0.5, 0.6) is 5.75 Å². The fraction of sp³-hybridized carbons (Fsp3) is 0.300. The maximum Gasteiger partial charge on any atom is 0.441 e. The third-order valence-corrected chi connectivity index (χ3v) is 2.86. The molecule has 0 saturated carbocycles. The molecule has 0 N–H and O–H groups in total. The van der Waals surface area contributed by atoms with Gasteiger partial charge in [-0.3, -0.25) is 0 Å². The first-order valence-electron chi connectivity index (χ1n) is 4.45. The molecule has 17 heavy (non-hydrogen) atoms. The molecule has 1 aromatic carbocycles. The number of ether oxygens (including phenoxy) is 1. The summed E-state index contributed by atoms with van der Waals surface area (Å²) in [7, 11) is 0. The highest BCUT2D eigenvalue weighted by atomic mass is 79.9. The van der Waals surface area contributed by atoms with Crippen LogP contribution in [0.2, 0.25) is 0 Å². The molecule has 1 rings (SSSR count). The van der Waals surface area contributed by atoms with Crippen molar-refractivity contribution in [3.8, 4) is 11.8 Å². The summed E-state index contributed by atoms with van der Waals surface area (Å²) < 4.78 is 41.3. The van der Waals surface area contributed by atoms with Crippen molar-refractivity contribution in [1.29, 1.82) is 5.26 Å². The molecular weight excluding hydrogens is 319 g/mol. The minimum atomic E-state index is -4.25. The minimum Gasteiger partial charge on any atom is -0.491 e. The molecule has 0 radical (unpaired) electrons. The monoisotopic (exact) mass is 325 g/mol. The molecule has 0 heterocycles. The maximum absolute atomic E-state index is 11.8. The summed E-state index contributed by atoms with van der Waals surface area (Å²) in [5.74, 6) is 0.0863. The lowest BCUT2D eigenvalue weighted by molar-refractivity contribution is -0.0329. The third kappa shape index (κ3) is 5.33. The molecule has 0 fully saturated rings. The average Bonchev–Trinajstić information content (AvgIpc) is 2.24. The van der Waals surface area contributed by atoms with Crippen LogP contribution in [0.4, 0.5) is 13.2 Å². The van der Waals surface area contributed by atoms with Gasteiger partial charge in [0.15, 0.2) is 0 Å². The van der Waals surface area contributed by atoms with E-state index in [9.17, 15) is 13.2 Å². The van der Waals surface area contributed by atoms with Crippen LogP contribution in [0.15, 0.2) is 22.7 Å². The Morgan fingerprint density at radius 2 is 2.12 bits per heavy atom. The molecule has 0 saturated heterocycles. The molecular formula is C10H7BrF3NOS. The summed E-state index contributed by atoms with van der Waals surface area (Å²) in [6.07, 6.45) is 0. The Labute approximate surface area is 109 Å². The van der Waals surface area contributed by atoms with Crippen molar-refractivity contribution < 1.29 is 17.9 Å². The van der Waals surface area contributed by atoms with Crippen molar-refractivity contribution in [1.82, 2.24) is 0 Å². The van der Waals surface area contributed by atoms with Gasteiger partial charge in [-0.05, 0) is 30.0 Å². The zero-order valence-electron chi connectivity index (χ0n) is 8.42. The van der Waals surface area contributed by atoms with Crippen LogP contribution in [-0.2, 0) is 0 Å². The zero-order valence-corrected chi connectivity index (χ0v) is 10.8. The summed E-state index contributed by atoms with van der Waals surface area (Å²) in [5, 5.41) is 8.79. The van der Waals surface area contributed by atoms with Crippen LogP contribution in [-0.4, -0.2) is 17.9 Å². The van der Waals surface area contributed by atoms with Gasteiger partial charge in [-0.2, -0.15) is 18.4 Å². The summed E-state index contributed by atoms with van der Waals surface area (Å²) >= 11 is 3.04. The molecule has 0 aliphatic rings. The van der Waals surface area contributed by atoms with Crippen molar-refractivity contribution in [2.45, 2.75) is 5.51 Å². The summed E-state index contributed by atoms with van der Waals surface area (Å²) in [5.41, 5.74) is -3.96. The summed E-state index contributed by atoms with van der Waals surface area (Å²) in [4.78, 5) is 0. The Morgan fingerprint density at radius 3 is 2.71 bits per heavy atom. The van der Waals surface area contributed by atoms with Crippen LogP contribution in [0, 0.1) is 11.3 Å². The number of hydrogen-bond donors (Lipinski definition) is 0. The lowest BCUT2D eigenvalue weighted by Gasteiger charge is -2.09. The van der Waals surface area contributed by atoms with E-state index in [1.165, 1.54) is 0 Å². The van der Waals surface area contributed by atoms with E-state index in [0.717, 1.165) is 0 Å². The Kier molecular flexibility index (Phi) is 5.15. The van der Waals surface area contributed by atoms with Crippen molar-refractivity contribution in [2.24, 2.45) is 0 Å². The largest absolute Gasteiger partial charge is 0.491 e. The Hall–Kier alpha value is -0.870. The van der Waals surface area contributed by atoms with E-state index in [1.807, 2.05) is 6.07 Å². The number of alkyl halides is 3. The van der Waals surface area contributed by atoms with E-state index < -0.39 is 5.51 Å². The van der Waals surface area contributed by atoms with E-state index >= 15 is 0 Å². The number of hydrogen-bond acceptors (Lipinski definition) is 3. The van der Waals surface area contributed by atoms with Crippen molar-refractivity contribution in [2.75, 3.05) is 12.4 Å². The second kappa shape index (κ2) is 6.17. The Morgan fingerprint density at radius 1 is 1.41 bits per heavy atom. The Balaban J connectivity index is 2.50. The number of nitriles is 1. The van der Waals surface area contributed by atoms with Gasteiger partial charge in [0, 0.05) is 10.2 Å². The van der Waals surface area contributed by atoms with Gasteiger partial charge in [-0.25, -0.2) is 0 Å². The van der Waals surface area contributed by atoms with Gasteiger partial charge in [-0.1, -0.05) is 15.9 Å². The average molecular weight is 326 g/mol. The first-order chi connectivity index (χ1) is 7.92. The van der Waals surface area contributed by atoms with E-state index in [1.54, 1.807) is 18.2 Å². The molecule has 0 aromatic heterocycles. The highest BCUT2D eigenvalue weighted by Crippen LogP contribution is 2.30. The van der Waals surface area contributed by atoms with Crippen molar-refractivity contribution >= 4 is 27.7 Å². The third-order valence-electron chi connectivity index (χ3n) is 1.67. The Bertz CT molecular complexity index is 431. The topological polar surface area (TPSA) is 33.0 Å². The zero-order chi connectivity index (χ0) is 12.9. The first-order valence-corrected chi connectivity index (χ1v) is 6.23. The first kappa shape index (κ1) is 14.2. The normalized spacial score (nSPS) is 11.0. The van der Waals surface area contributed by atoms with Crippen molar-refractivity contribution in [3.05, 3.63) is 28.2 Å². The second-order valence-electron chi connectivity index (χ2n) is 2.89. The number of thioether (sulfide) groups is 1.